The van der Waals surface area contributed by atoms with Gasteiger partial charge in [0.15, 0.2) is 5.69 Å². The Kier molecular flexibility index (Phi) is 4.66. The lowest BCUT2D eigenvalue weighted by Crippen LogP contribution is -2.16. The van der Waals surface area contributed by atoms with Gasteiger partial charge in [-0.3, -0.25) is 4.79 Å². The van der Waals surface area contributed by atoms with Crippen LogP contribution in [0.15, 0.2) is 60.7 Å². The number of para-hydroxylation sites is 1. The molecular weight excluding hydrogens is 298 g/mol. The minimum absolute atomic E-state index is 0.244. The normalized spacial score (nSPS) is 10.4. The molecule has 1 heterocycles. The van der Waals surface area contributed by atoms with Gasteiger partial charge in [-0.05, 0) is 36.6 Å². The summed E-state index contributed by atoms with van der Waals surface area (Å²) in [7, 11) is 0. The molecule has 0 aliphatic heterocycles. The quantitative estimate of drug-likeness (QED) is 0.782. The van der Waals surface area contributed by atoms with Gasteiger partial charge in [0, 0.05) is 11.3 Å². The van der Waals surface area contributed by atoms with Gasteiger partial charge in [-0.15, -0.1) is 10.2 Å². The molecule has 2 aromatic carbocycles. The SMILES string of the molecule is CCc1cccc(C)c1NC(=O)c1ccc(-c2ccccc2)nn1. The number of amides is 1. The average molecular weight is 317 g/mol. The Labute approximate surface area is 141 Å². The van der Waals surface area contributed by atoms with Gasteiger partial charge in [0.25, 0.3) is 5.91 Å². The van der Waals surface area contributed by atoms with Crippen LogP contribution in [0.1, 0.15) is 28.5 Å². The molecule has 0 saturated heterocycles. The zero-order valence-corrected chi connectivity index (χ0v) is 13.8. The zero-order chi connectivity index (χ0) is 16.9. The van der Waals surface area contributed by atoms with Crippen LogP contribution in [0.5, 0.6) is 0 Å². The van der Waals surface area contributed by atoms with Crippen molar-refractivity contribution in [1.29, 1.82) is 0 Å². The molecule has 0 atom stereocenters. The summed E-state index contributed by atoms with van der Waals surface area (Å²) in [5.74, 6) is -0.244. The minimum atomic E-state index is -0.244. The molecule has 0 aliphatic rings. The van der Waals surface area contributed by atoms with E-state index in [2.05, 4.69) is 22.4 Å². The molecule has 0 radical (unpaired) electrons. The molecule has 3 rings (SSSR count). The molecule has 4 nitrogen and oxygen atoms in total. The van der Waals surface area contributed by atoms with Crippen molar-refractivity contribution in [1.82, 2.24) is 10.2 Å². The van der Waals surface area contributed by atoms with Gasteiger partial charge < -0.3 is 5.32 Å². The molecule has 1 amide bonds. The van der Waals surface area contributed by atoms with Crippen molar-refractivity contribution in [3.8, 4) is 11.3 Å². The molecule has 1 N–H and O–H groups in total. The Bertz CT molecular complexity index is 843. The number of carbonyl (C=O) groups excluding carboxylic acids is 1. The Hall–Kier alpha value is -3.01. The first kappa shape index (κ1) is 15.9. The summed E-state index contributed by atoms with van der Waals surface area (Å²) in [5, 5.41) is 11.2. The van der Waals surface area contributed by atoms with Crippen molar-refractivity contribution in [3.63, 3.8) is 0 Å². The second-order valence-electron chi connectivity index (χ2n) is 5.59. The highest BCUT2D eigenvalue weighted by Crippen LogP contribution is 2.22. The first-order valence-corrected chi connectivity index (χ1v) is 7.98. The van der Waals surface area contributed by atoms with Crippen molar-refractivity contribution in [3.05, 3.63) is 77.5 Å². The maximum absolute atomic E-state index is 12.5. The lowest BCUT2D eigenvalue weighted by atomic mass is 10.1. The highest BCUT2D eigenvalue weighted by molar-refractivity contribution is 6.03. The van der Waals surface area contributed by atoms with Crippen LogP contribution < -0.4 is 5.32 Å². The number of anilines is 1. The van der Waals surface area contributed by atoms with E-state index in [-0.39, 0.29) is 5.91 Å². The molecule has 1 aromatic heterocycles. The number of hydrogen-bond acceptors (Lipinski definition) is 3. The van der Waals surface area contributed by atoms with Gasteiger partial charge >= 0.3 is 0 Å². The van der Waals surface area contributed by atoms with Crippen LogP contribution in [0.25, 0.3) is 11.3 Å². The molecule has 120 valence electrons. The molecular formula is C20H19N3O. The number of nitrogens with one attached hydrogen (secondary N) is 1. The van der Waals surface area contributed by atoms with E-state index in [1.165, 1.54) is 0 Å². The Morgan fingerprint density at radius 3 is 2.42 bits per heavy atom. The largest absolute Gasteiger partial charge is 0.320 e. The first-order valence-electron chi connectivity index (χ1n) is 7.98. The number of benzene rings is 2. The third kappa shape index (κ3) is 3.33. The van der Waals surface area contributed by atoms with E-state index in [4.69, 9.17) is 0 Å². The van der Waals surface area contributed by atoms with Gasteiger partial charge in [0.05, 0.1) is 5.69 Å². The van der Waals surface area contributed by atoms with Crippen molar-refractivity contribution < 1.29 is 4.79 Å². The fourth-order valence-corrected chi connectivity index (χ4v) is 2.60. The number of rotatable bonds is 4. The Morgan fingerprint density at radius 1 is 0.958 bits per heavy atom. The van der Waals surface area contributed by atoms with E-state index >= 15 is 0 Å². The third-order valence-corrected chi connectivity index (χ3v) is 3.95. The molecule has 0 bridgehead atoms. The van der Waals surface area contributed by atoms with Crippen LogP contribution in [-0.2, 0) is 6.42 Å². The van der Waals surface area contributed by atoms with Crippen LogP contribution in [0.4, 0.5) is 5.69 Å². The summed E-state index contributed by atoms with van der Waals surface area (Å²) < 4.78 is 0. The Morgan fingerprint density at radius 2 is 1.75 bits per heavy atom. The Balaban J connectivity index is 1.82. The van der Waals surface area contributed by atoms with Crippen LogP contribution >= 0.6 is 0 Å². The number of nitrogens with zero attached hydrogens (tertiary/aromatic N) is 2. The van der Waals surface area contributed by atoms with Gasteiger partial charge in [-0.25, -0.2) is 0 Å². The molecule has 0 saturated carbocycles. The van der Waals surface area contributed by atoms with Gasteiger partial charge in [0.1, 0.15) is 0 Å². The smallest absolute Gasteiger partial charge is 0.276 e. The van der Waals surface area contributed by atoms with E-state index < -0.39 is 0 Å². The van der Waals surface area contributed by atoms with Crippen molar-refractivity contribution >= 4 is 11.6 Å². The minimum Gasteiger partial charge on any atom is -0.320 e. The highest BCUT2D eigenvalue weighted by atomic mass is 16.1. The van der Waals surface area contributed by atoms with Crippen LogP contribution in [-0.4, -0.2) is 16.1 Å². The molecule has 0 aliphatic carbocycles. The maximum Gasteiger partial charge on any atom is 0.276 e. The predicted octanol–water partition coefficient (Wildman–Crippen LogP) is 4.27. The lowest BCUT2D eigenvalue weighted by Gasteiger charge is -2.12. The molecule has 24 heavy (non-hydrogen) atoms. The topological polar surface area (TPSA) is 54.9 Å². The molecule has 0 spiro atoms. The van der Waals surface area contributed by atoms with E-state index in [9.17, 15) is 4.79 Å². The van der Waals surface area contributed by atoms with Gasteiger partial charge in [-0.2, -0.15) is 0 Å². The summed E-state index contributed by atoms with van der Waals surface area (Å²) >= 11 is 0. The molecule has 0 unspecified atom stereocenters. The van der Waals surface area contributed by atoms with Crippen molar-refractivity contribution in [2.45, 2.75) is 20.3 Å². The number of aryl methyl sites for hydroxylation is 2. The van der Waals surface area contributed by atoms with Gasteiger partial charge in [0.2, 0.25) is 0 Å². The van der Waals surface area contributed by atoms with Gasteiger partial charge in [-0.1, -0.05) is 55.5 Å². The fourth-order valence-electron chi connectivity index (χ4n) is 2.60. The van der Waals surface area contributed by atoms with Crippen molar-refractivity contribution in [2.24, 2.45) is 0 Å². The van der Waals surface area contributed by atoms with Crippen molar-refractivity contribution in [2.75, 3.05) is 5.32 Å². The van der Waals surface area contributed by atoms with Crippen LogP contribution in [0.2, 0.25) is 0 Å². The molecule has 3 aromatic rings. The standard InChI is InChI=1S/C20H19N3O/c1-3-15-11-7-8-14(2)19(15)21-20(24)18-13-12-17(22-23-18)16-9-5-4-6-10-16/h4-13H,3H2,1-2H3,(H,21,24). The average Bonchev–Trinajstić information content (AvgIpc) is 2.64. The molecule has 0 fully saturated rings. The van der Waals surface area contributed by atoms with E-state index in [1.807, 2.05) is 61.5 Å². The first-order chi connectivity index (χ1) is 11.7. The second-order valence-corrected chi connectivity index (χ2v) is 5.59. The highest BCUT2D eigenvalue weighted by Gasteiger charge is 2.12. The summed E-state index contributed by atoms with van der Waals surface area (Å²) in [6.07, 6.45) is 0.857. The fraction of sp³-hybridized carbons (Fsp3) is 0.150. The number of aromatic nitrogens is 2. The predicted molar refractivity (Wildman–Crippen MR) is 96.0 cm³/mol. The van der Waals surface area contributed by atoms with E-state index in [1.54, 1.807) is 6.07 Å². The third-order valence-electron chi connectivity index (χ3n) is 3.95. The zero-order valence-electron chi connectivity index (χ0n) is 13.8. The lowest BCUT2D eigenvalue weighted by molar-refractivity contribution is 0.102. The number of hydrogen-bond donors (Lipinski definition) is 1. The second kappa shape index (κ2) is 7.04. The summed E-state index contributed by atoms with van der Waals surface area (Å²) in [5.41, 5.74) is 5.04. The summed E-state index contributed by atoms with van der Waals surface area (Å²) in [6.45, 7) is 4.05. The van der Waals surface area contributed by atoms with Crippen LogP contribution in [0, 0.1) is 6.92 Å². The monoisotopic (exact) mass is 317 g/mol. The maximum atomic E-state index is 12.5. The van der Waals surface area contributed by atoms with Crippen LogP contribution in [0.3, 0.4) is 0 Å². The summed E-state index contributed by atoms with van der Waals surface area (Å²) in [4.78, 5) is 12.5. The molecule has 4 heteroatoms. The van der Waals surface area contributed by atoms with E-state index in [0.717, 1.165) is 34.5 Å². The van der Waals surface area contributed by atoms with E-state index in [0.29, 0.717) is 5.69 Å². The number of carbonyl (C=O) groups is 1. The summed E-state index contributed by atoms with van der Waals surface area (Å²) in [6, 6.07) is 19.3.